The van der Waals surface area contributed by atoms with E-state index in [1.807, 2.05) is 211 Å². The van der Waals surface area contributed by atoms with E-state index in [-0.39, 0.29) is 52.5 Å². The van der Waals surface area contributed by atoms with E-state index in [9.17, 15) is 43.9 Å². The van der Waals surface area contributed by atoms with Gasteiger partial charge in [-0.1, -0.05) is 280 Å². The number of sulfone groups is 4. The lowest BCUT2D eigenvalue weighted by atomic mass is 9.82. The van der Waals surface area contributed by atoms with E-state index in [1.54, 1.807) is 88.5 Å². The van der Waals surface area contributed by atoms with Crippen LogP contribution in [0.15, 0.2) is 210 Å². The summed E-state index contributed by atoms with van der Waals surface area (Å²) in [6, 6.07) is 36.0. The predicted octanol–water partition coefficient (Wildman–Crippen LogP) is 24.5. The molecule has 0 bridgehead atoms. The number of aliphatic hydroxyl groups excluding tert-OH is 2. The molecule has 13 rings (SSSR count). The highest BCUT2D eigenvalue weighted by Gasteiger charge is 2.32. The number of benzene rings is 3. The van der Waals surface area contributed by atoms with Crippen LogP contribution in [0.2, 0.25) is 0 Å². The Morgan fingerprint density at radius 1 is 0.396 bits per heavy atom. The molecule has 0 amide bonds. The molecule has 10 heterocycles. The molecule has 0 fully saturated rings. The molecule has 1 aliphatic rings. The van der Waals surface area contributed by atoms with Gasteiger partial charge in [0.15, 0.2) is 51.0 Å². The third-order valence-electron chi connectivity index (χ3n) is 22.3. The average molecular weight is 2160 g/mol. The summed E-state index contributed by atoms with van der Waals surface area (Å²) in [5.41, 5.74) is 10.5. The Kier molecular flexibility index (Phi) is 66.9. The highest BCUT2D eigenvalue weighted by atomic mass is 32.2. The highest BCUT2D eigenvalue weighted by Crippen LogP contribution is 2.38. The largest absolute Gasteiger partial charge is 0.491 e. The summed E-state index contributed by atoms with van der Waals surface area (Å²) < 4.78 is 121. The average Bonchev–Trinajstić information content (AvgIpc) is 1.25. The number of hydrogen-bond acceptors (Lipinski definition) is 30. The van der Waals surface area contributed by atoms with E-state index in [2.05, 4.69) is 182 Å². The normalized spacial score (nSPS) is 13.3. The van der Waals surface area contributed by atoms with Gasteiger partial charge in [-0.25, -0.2) is 63.6 Å². The van der Waals surface area contributed by atoms with Crippen molar-refractivity contribution in [3.8, 4) is 5.75 Å². The zero-order valence-corrected chi connectivity index (χ0v) is 98.9. The van der Waals surface area contributed by atoms with Crippen molar-refractivity contribution in [2.45, 2.75) is 319 Å². The van der Waals surface area contributed by atoms with Gasteiger partial charge in [-0.3, -0.25) is 9.97 Å². The van der Waals surface area contributed by atoms with Crippen molar-refractivity contribution >= 4 is 51.1 Å². The lowest BCUT2D eigenvalue weighted by molar-refractivity contribution is 0.0516. The zero-order valence-electron chi connectivity index (χ0n) is 94.8. The molecule has 29 nitrogen and oxygen atoms in total. The molecule has 0 saturated carbocycles. The third-order valence-corrected chi connectivity index (χ3v) is 29.3. The quantitative estimate of drug-likeness (QED) is 0.0365. The molecule has 2 N–H and O–H groups in total. The first kappa shape index (κ1) is 135. The first-order valence-corrected chi connectivity index (χ1v) is 60.4. The molecule has 9 aromatic heterocycles. The first-order valence-electron chi connectivity index (χ1n) is 52.3. The van der Waals surface area contributed by atoms with Gasteiger partial charge in [0.1, 0.15) is 36.6 Å². The van der Waals surface area contributed by atoms with Crippen LogP contribution in [0.5, 0.6) is 5.75 Å². The predicted molar refractivity (Wildman–Crippen MR) is 605 cm³/mol. The van der Waals surface area contributed by atoms with Crippen molar-refractivity contribution in [1.82, 2.24) is 74.1 Å². The molecule has 0 radical (unpaired) electrons. The van der Waals surface area contributed by atoms with E-state index in [1.165, 1.54) is 34.0 Å². The Balaban J connectivity index is 0.000000551. The number of fused-ring (bicyclic) bond motifs is 1. The van der Waals surface area contributed by atoms with Crippen LogP contribution >= 0.6 is 11.7 Å². The van der Waals surface area contributed by atoms with E-state index in [0.29, 0.717) is 125 Å². The van der Waals surface area contributed by atoms with Crippen LogP contribution in [0.25, 0.3) is 0 Å². The summed E-state index contributed by atoms with van der Waals surface area (Å²) in [4.78, 5) is 40.5. The van der Waals surface area contributed by atoms with E-state index >= 15 is 0 Å². The molecule has 0 spiro atoms. The van der Waals surface area contributed by atoms with Crippen molar-refractivity contribution in [3.63, 3.8) is 0 Å². The fourth-order valence-corrected chi connectivity index (χ4v) is 21.0. The van der Waals surface area contributed by atoms with Crippen LogP contribution in [0.1, 0.15) is 314 Å². The van der Waals surface area contributed by atoms with Crippen LogP contribution in [0, 0.1) is 98.7 Å². The molecule has 0 saturated heterocycles. The number of rotatable bonds is 37. The number of aryl methyl sites for hydroxylation is 5. The topological polar surface area (TPSA) is 419 Å². The Hall–Kier alpha value is -10.2. The van der Waals surface area contributed by atoms with Crippen LogP contribution in [-0.2, 0) is 95.1 Å². The van der Waals surface area contributed by atoms with Crippen molar-refractivity contribution in [2.75, 3.05) is 35.4 Å². The maximum Gasteiger partial charge on any atom is 0.232 e. The van der Waals surface area contributed by atoms with Gasteiger partial charge in [-0.15, -0.1) is 0 Å². The number of aliphatic hydroxyl groups is 2. The molecule has 0 aliphatic carbocycles. The summed E-state index contributed by atoms with van der Waals surface area (Å²) in [6.07, 6.45) is 31.0. The highest BCUT2D eigenvalue weighted by molar-refractivity contribution is 7.91. The third kappa shape index (κ3) is 66.9. The Morgan fingerprint density at radius 2 is 0.866 bits per heavy atom. The van der Waals surface area contributed by atoms with Gasteiger partial charge in [-0.2, -0.15) is 18.7 Å². The molecule has 149 heavy (non-hydrogen) atoms. The van der Waals surface area contributed by atoms with Gasteiger partial charge in [0.2, 0.25) is 11.8 Å². The molecule has 34 heteroatoms. The van der Waals surface area contributed by atoms with Crippen molar-refractivity contribution in [2.24, 2.45) is 71.0 Å². The zero-order chi connectivity index (χ0) is 112. The molecule has 5 atom stereocenters. The van der Waals surface area contributed by atoms with Crippen molar-refractivity contribution in [3.05, 3.63) is 287 Å². The molecule has 828 valence electrons. The van der Waals surface area contributed by atoms with Gasteiger partial charge in [0.25, 0.3) is 0 Å². The van der Waals surface area contributed by atoms with E-state index in [4.69, 9.17) is 13.8 Å². The Labute approximate surface area is 899 Å². The van der Waals surface area contributed by atoms with Crippen LogP contribution in [0.3, 0.4) is 0 Å². The minimum atomic E-state index is -2.99. The second-order valence-corrected chi connectivity index (χ2v) is 52.0. The van der Waals surface area contributed by atoms with E-state index in [0.717, 1.165) is 109 Å². The lowest BCUT2D eigenvalue weighted by Crippen LogP contribution is -2.33. The summed E-state index contributed by atoms with van der Waals surface area (Å²) >= 11 is 1.28. The summed E-state index contributed by atoms with van der Waals surface area (Å²) in [7, 11) is -11.8. The summed E-state index contributed by atoms with van der Waals surface area (Å²) in [6.45, 7) is 62.5. The minimum absolute atomic E-state index is 0.0561. The van der Waals surface area contributed by atoms with Gasteiger partial charge in [-0.05, 0) is 220 Å². The molecule has 3 aromatic carbocycles. The van der Waals surface area contributed by atoms with Gasteiger partial charge >= 0.3 is 0 Å². The standard InChI is InChI=1S/C13H20O2S.C12H18O2S.C12H16O2.2C11H17NO2S.C10H16N2.C9H16N2O2.C9H14N2.C8H12N2.C7H12N2O.C7H11NO.C6H10N2S/c1-12(2)8-10-16(14,15)11-9-13-6-4-3-5-7-13;1-11(2)8-9-15(13,14)10-12-6-4-3-5-7-12;1-8(2)12-9-5-3-4-6-11(9)14-7-10(12)13;1-10(2)5-7-15(13,14)9-11-4-3-6-12-8-11;1-10(2)6-8-15(13,14)9-11-5-3-4-7-12-11;1-7(2)8(3)10-5-11-9(4)12-6-10;1-5(2)8(6(3)12)9-10-7(4)11-13-9;1-7(2)4-9-5-10-8(3)11-6-9;1-7(2)3-8-4-9-6-10-5-8;1-5(2)4-7-8-6(3)10-9-7;1-6(2)3-7-4-8-9-5-7;1-5(2)3-6-4-7-9-8-6/h3-7,12H,8-11H2,1-2H3;3-7,11H,8-10H2,1-2H3;3-6,8,10,12-13H,7H2,1-2H3;3-4,6,8,10H,5,7,9H2,1-2H3;3-5,7,10H,6,8-9H2,1-2H3;5-8H,1-4H3;5-6,8,12H,1-4H3;5-7H,4H2,1-3H3;4-7H,3H2,1-2H3;5H,4H2,1-3H3;4-6H,3H2,1-2H3;4-5H,3H2,1-2H3/t;;10-,12+;;;8-;6-,8+;;;;;/m..1..11...../s1. The molecular formula is C115H179N15O14S5. The number of nitrogens with zero attached hydrogens (tertiary/aromatic N) is 15. The van der Waals surface area contributed by atoms with Crippen LogP contribution in [0.4, 0.5) is 0 Å². The summed E-state index contributed by atoms with van der Waals surface area (Å²) in [5, 5.41) is 30.5. The van der Waals surface area contributed by atoms with Crippen LogP contribution < -0.4 is 4.74 Å². The molecule has 1 aliphatic heterocycles. The monoisotopic (exact) mass is 2150 g/mol. The number of hydrogen-bond donors (Lipinski definition) is 2. The van der Waals surface area contributed by atoms with Crippen molar-refractivity contribution in [1.29, 1.82) is 0 Å². The molecule has 12 aromatic rings. The van der Waals surface area contributed by atoms with Gasteiger partial charge < -0.3 is 28.5 Å². The lowest BCUT2D eigenvalue weighted by Gasteiger charge is -2.32. The number of para-hydroxylation sites is 1. The van der Waals surface area contributed by atoms with Gasteiger partial charge in [0, 0.05) is 86.2 Å². The number of ether oxygens (including phenoxy) is 1. The molecule has 0 unspecified atom stereocenters. The second-order valence-electron chi connectivity index (χ2n) is 42.6. The van der Waals surface area contributed by atoms with Crippen molar-refractivity contribution < 1.29 is 62.2 Å². The first-order chi connectivity index (χ1) is 70.0. The Bertz CT molecular complexity index is 5620. The Morgan fingerprint density at radius 3 is 1.30 bits per heavy atom. The van der Waals surface area contributed by atoms with Crippen LogP contribution in [-0.4, -0.2) is 166 Å². The number of pyridine rings is 2. The maximum absolute atomic E-state index is 11.7. The van der Waals surface area contributed by atoms with E-state index < -0.39 is 45.5 Å². The minimum Gasteiger partial charge on any atom is -0.491 e. The molecular weight excluding hydrogens is 1980 g/mol. The maximum atomic E-state index is 11.7. The smallest absolute Gasteiger partial charge is 0.232 e. The van der Waals surface area contributed by atoms with Gasteiger partial charge in [0.05, 0.1) is 99.7 Å². The fraction of sp³-hybridized carbons (Fsp3) is 0.574. The number of aromatic nitrogens is 15. The second kappa shape index (κ2) is 73.9. The summed E-state index contributed by atoms with van der Waals surface area (Å²) in [5.74, 6) is 14.1. The fourth-order valence-electron chi connectivity index (χ4n) is 14.1. The SMILES string of the molecule is CC(C)CCS(=O)(=O)CCc1ccccc1.CC(C)CCS(=O)(=O)Cc1ccccc1.CC(C)CCS(=O)(=O)Cc1ccccn1.CC(C)CCS(=O)(=O)Cc1cccnc1.CC(C)Cc1cncnc1.CC(C)Cc1cnoc1.CC(C)Cc1cnsn1.CC(C)[C@H]1c2ccccc2OC[C@H]1O.Cc1nc(CC(C)C)no1.Cc1ncc(CC(C)C)cn1.Cc1ncc([C@H](C)C(C)C)cn1.Cc1noc([C@@H](C(C)C)[C@@H](C)O)n1.